The molecular weight excluding hydrogens is 471 g/mol. The van der Waals surface area contributed by atoms with Gasteiger partial charge in [-0.05, 0) is 74.7 Å². The summed E-state index contributed by atoms with van der Waals surface area (Å²) in [6, 6.07) is 17.3. The van der Waals surface area contributed by atoms with E-state index in [1.165, 1.54) is 12.1 Å². The van der Waals surface area contributed by atoms with Crippen molar-refractivity contribution in [2.45, 2.75) is 38.8 Å². The molecule has 1 unspecified atom stereocenters. The maximum absolute atomic E-state index is 13.2. The molecule has 0 aliphatic carbocycles. The Morgan fingerprint density at radius 2 is 1.59 bits per heavy atom. The van der Waals surface area contributed by atoms with Crippen molar-refractivity contribution in [3.05, 3.63) is 78.2 Å². The monoisotopic (exact) mass is 504 g/mol. The van der Waals surface area contributed by atoms with Gasteiger partial charge in [-0.2, -0.15) is 0 Å². The van der Waals surface area contributed by atoms with E-state index in [0.29, 0.717) is 17.8 Å². The molecule has 7 nitrogen and oxygen atoms in total. The fourth-order valence-electron chi connectivity index (χ4n) is 4.27. The molecule has 1 aromatic heterocycles. The molecule has 2 heterocycles. The largest absolute Gasteiger partial charge is 0.444 e. The van der Waals surface area contributed by atoms with Crippen LogP contribution in [0.5, 0.6) is 0 Å². The molecule has 1 aliphatic heterocycles. The molecule has 1 saturated heterocycles. The third kappa shape index (κ3) is 6.25. The van der Waals surface area contributed by atoms with Crippen LogP contribution >= 0.6 is 0 Å². The molecule has 0 saturated carbocycles. The van der Waals surface area contributed by atoms with Crippen LogP contribution in [0.2, 0.25) is 0 Å². The lowest BCUT2D eigenvalue weighted by molar-refractivity contribution is 0.0237. The lowest BCUT2D eigenvalue weighted by Crippen LogP contribution is -2.42. The molecule has 2 amide bonds. The summed E-state index contributed by atoms with van der Waals surface area (Å²) in [6.45, 7) is 7.01. The van der Waals surface area contributed by atoms with Gasteiger partial charge in [-0.1, -0.05) is 24.3 Å². The Morgan fingerprint density at radius 1 is 0.973 bits per heavy atom. The number of hydrogen-bond donors (Lipinski definition) is 0. The molecule has 1 atom stereocenters. The number of halogens is 1. The van der Waals surface area contributed by atoms with Gasteiger partial charge in [0.1, 0.15) is 17.2 Å². The van der Waals surface area contributed by atoms with Crippen LogP contribution in [0.3, 0.4) is 0 Å². The molecule has 37 heavy (non-hydrogen) atoms. The van der Waals surface area contributed by atoms with Gasteiger partial charge >= 0.3 is 6.09 Å². The van der Waals surface area contributed by atoms with Crippen molar-refractivity contribution in [2.75, 3.05) is 37.0 Å². The standard InChI is InChI=1S/C29H33FN4O3/c1-29(2,3)37-28(36)33(5)25-16-17-34(19-25)26-15-14-24(18-31-26)32(4)27(35)22-8-6-20(7-9-22)21-10-12-23(30)13-11-21/h6-15,18,25H,16-17,19H2,1-5H3. The molecular formula is C29H33FN4O3. The minimum Gasteiger partial charge on any atom is -0.444 e. The number of rotatable bonds is 5. The van der Waals surface area contributed by atoms with E-state index in [-0.39, 0.29) is 23.9 Å². The van der Waals surface area contributed by atoms with Gasteiger partial charge in [-0.25, -0.2) is 14.2 Å². The highest BCUT2D eigenvalue weighted by atomic mass is 19.1. The van der Waals surface area contributed by atoms with Crippen molar-refractivity contribution >= 4 is 23.5 Å². The average Bonchev–Trinajstić information content (AvgIpc) is 3.37. The predicted octanol–water partition coefficient (Wildman–Crippen LogP) is 5.61. The summed E-state index contributed by atoms with van der Waals surface area (Å²) >= 11 is 0. The molecule has 2 aromatic carbocycles. The zero-order valence-corrected chi connectivity index (χ0v) is 21.9. The normalized spacial score (nSPS) is 15.4. The van der Waals surface area contributed by atoms with Gasteiger partial charge in [0.2, 0.25) is 0 Å². The van der Waals surface area contributed by atoms with Crippen LogP contribution in [-0.4, -0.2) is 60.7 Å². The van der Waals surface area contributed by atoms with Crippen molar-refractivity contribution in [1.82, 2.24) is 9.88 Å². The number of hydrogen-bond acceptors (Lipinski definition) is 5. The summed E-state index contributed by atoms with van der Waals surface area (Å²) in [7, 11) is 3.49. The average molecular weight is 505 g/mol. The third-order valence-corrected chi connectivity index (χ3v) is 6.45. The van der Waals surface area contributed by atoms with Gasteiger partial charge in [0.15, 0.2) is 0 Å². The number of benzene rings is 2. The summed E-state index contributed by atoms with van der Waals surface area (Å²) in [6.07, 6.45) is 2.18. The van der Waals surface area contributed by atoms with Crippen LogP contribution in [0.15, 0.2) is 66.9 Å². The maximum atomic E-state index is 13.2. The second-order valence-corrected chi connectivity index (χ2v) is 10.3. The molecule has 3 aromatic rings. The quantitative estimate of drug-likeness (QED) is 0.452. The van der Waals surface area contributed by atoms with E-state index >= 15 is 0 Å². The Morgan fingerprint density at radius 3 is 2.16 bits per heavy atom. The number of ether oxygens (including phenoxy) is 1. The highest BCUT2D eigenvalue weighted by molar-refractivity contribution is 6.05. The number of pyridine rings is 1. The molecule has 4 rings (SSSR count). The number of carbonyl (C=O) groups excluding carboxylic acids is 2. The van der Waals surface area contributed by atoms with Crippen LogP contribution < -0.4 is 9.80 Å². The highest BCUT2D eigenvalue weighted by Crippen LogP contribution is 2.25. The number of nitrogens with zero attached hydrogens (tertiary/aromatic N) is 4. The first-order valence-electron chi connectivity index (χ1n) is 12.3. The van der Waals surface area contributed by atoms with Crippen molar-refractivity contribution in [3.8, 4) is 11.1 Å². The zero-order valence-electron chi connectivity index (χ0n) is 21.9. The Balaban J connectivity index is 1.37. The lowest BCUT2D eigenvalue weighted by atomic mass is 10.0. The number of amides is 2. The number of anilines is 2. The fraction of sp³-hybridized carbons (Fsp3) is 0.345. The van der Waals surface area contributed by atoms with E-state index in [4.69, 9.17) is 4.74 Å². The minimum atomic E-state index is -0.533. The van der Waals surface area contributed by atoms with Gasteiger partial charge in [0, 0.05) is 32.7 Å². The van der Waals surface area contributed by atoms with Crippen LogP contribution in [0.4, 0.5) is 20.7 Å². The molecule has 0 N–H and O–H groups in total. The number of aromatic nitrogens is 1. The SMILES string of the molecule is CN(C(=O)c1ccc(-c2ccc(F)cc2)cc1)c1ccc(N2CCC(N(C)C(=O)OC(C)(C)C)C2)nc1. The summed E-state index contributed by atoms with van der Waals surface area (Å²) in [5, 5.41) is 0. The summed E-state index contributed by atoms with van der Waals surface area (Å²) in [4.78, 5) is 35.4. The van der Waals surface area contributed by atoms with E-state index in [1.807, 2.05) is 45.0 Å². The van der Waals surface area contributed by atoms with Gasteiger partial charge in [0.25, 0.3) is 5.91 Å². The van der Waals surface area contributed by atoms with Gasteiger partial charge in [-0.15, -0.1) is 0 Å². The number of carbonyl (C=O) groups is 2. The van der Waals surface area contributed by atoms with Gasteiger partial charge in [0.05, 0.1) is 17.9 Å². The molecule has 0 radical (unpaired) electrons. The van der Waals surface area contributed by atoms with E-state index in [1.54, 1.807) is 54.4 Å². The number of likely N-dealkylation sites (N-methyl/N-ethyl adjacent to an activating group) is 1. The van der Waals surface area contributed by atoms with Crippen molar-refractivity contribution in [2.24, 2.45) is 0 Å². The van der Waals surface area contributed by atoms with E-state index in [9.17, 15) is 14.0 Å². The molecule has 1 fully saturated rings. The van der Waals surface area contributed by atoms with Gasteiger partial charge in [-0.3, -0.25) is 4.79 Å². The topological polar surface area (TPSA) is 66.0 Å². The van der Waals surface area contributed by atoms with Crippen LogP contribution in [-0.2, 0) is 4.74 Å². The first kappa shape index (κ1) is 26.1. The Kier molecular flexibility index (Phi) is 7.47. The van der Waals surface area contributed by atoms with Crippen LogP contribution in [0, 0.1) is 5.82 Å². The molecule has 1 aliphatic rings. The second-order valence-electron chi connectivity index (χ2n) is 10.3. The van der Waals surface area contributed by atoms with Crippen molar-refractivity contribution in [1.29, 1.82) is 0 Å². The molecule has 0 spiro atoms. The molecule has 8 heteroatoms. The smallest absolute Gasteiger partial charge is 0.410 e. The first-order chi connectivity index (χ1) is 17.5. The zero-order chi connectivity index (χ0) is 26.7. The Hall–Kier alpha value is -3.94. The van der Waals surface area contributed by atoms with Crippen molar-refractivity contribution in [3.63, 3.8) is 0 Å². The van der Waals surface area contributed by atoms with E-state index in [2.05, 4.69) is 9.88 Å². The van der Waals surface area contributed by atoms with Gasteiger partial charge < -0.3 is 19.4 Å². The van der Waals surface area contributed by atoms with E-state index in [0.717, 1.165) is 29.9 Å². The lowest BCUT2D eigenvalue weighted by Gasteiger charge is -2.28. The third-order valence-electron chi connectivity index (χ3n) is 6.45. The summed E-state index contributed by atoms with van der Waals surface area (Å²) < 4.78 is 18.7. The van der Waals surface area contributed by atoms with E-state index < -0.39 is 5.60 Å². The highest BCUT2D eigenvalue weighted by Gasteiger charge is 2.31. The first-order valence-corrected chi connectivity index (χ1v) is 12.3. The van der Waals surface area contributed by atoms with Crippen LogP contribution in [0.25, 0.3) is 11.1 Å². The predicted molar refractivity (Wildman–Crippen MR) is 143 cm³/mol. The maximum Gasteiger partial charge on any atom is 0.410 e. The van der Waals surface area contributed by atoms with Crippen molar-refractivity contribution < 1.29 is 18.7 Å². The summed E-state index contributed by atoms with van der Waals surface area (Å²) in [5.74, 6) is 0.364. The summed E-state index contributed by atoms with van der Waals surface area (Å²) in [5.41, 5.74) is 2.49. The minimum absolute atomic E-state index is 0.0402. The second kappa shape index (κ2) is 10.6. The molecule has 0 bridgehead atoms. The Bertz CT molecular complexity index is 1240. The molecule has 194 valence electrons. The van der Waals surface area contributed by atoms with Crippen LogP contribution in [0.1, 0.15) is 37.6 Å². The fourth-order valence-corrected chi connectivity index (χ4v) is 4.27. The Labute approximate surface area is 217 Å².